The number of nitrogens with zero attached hydrogens (tertiary/aromatic N) is 2. The van der Waals surface area contributed by atoms with Crippen LogP contribution in [0.4, 0.5) is 11.4 Å². The van der Waals surface area contributed by atoms with E-state index in [0.717, 1.165) is 44.7 Å². The lowest BCUT2D eigenvalue weighted by Crippen LogP contribution is -2.55. The molecule has 1 aromatic carbocycles. The minimum Gasteiger partial charge on any atom is -0.369 e. The molecule has 0 saturated carbocycles. The molecule has 2 aliphatic heterocycles. The molecule has 1 unspecified atom stereocenters. The number of fused-ring (bicyclic) bond motifs is 1. The summed E-state index contributed by atoms with van der Waals surface area (Å²) in [5.74, 6) is 0.355. The molecule has 1 N–H and O–H groups in total. The van der Waals surface area contributed by atoms with E-state index in [4.69, 9.17) is 38.7 Å². The predicted molar refractivity (Wildman–Crippen MR) is 139 cm³/mol. The maximum absolute atomic E-state index is 12.3. The van der Waals surface area contributed by atoms with E-state index in [1.807, 2.05) is 18.9 Å². The van der Waals surface area contributed by atoms with Crippen LogP contribution in [0.1, 0.15) is 24.5 Å². The molecular formula is C17H25B9N3O. The summed E-state index contributed by atoms with van der Waals surface area (Å²) < 4.78 is 0. The third kappa shape index (κ3) is 6.28. The van der Waals surface area contributed by atoms with Crippen molar-refractivity contribution in [2.45, 2.75) is 26.7 Å². The smallest absolute Gasteiger partial charge is 0.229 e. The van der Waals surface area contributed by atoms with E-state index in [0.29, 0.717) is 0 Å². The quantitative estimate of drug-likeness (QED) is 0.644. The van der Waals surface area contributed by atoms with Gasteiger partial charge in [0.1, 0.15) is 0 Å². The van der Waals surface area contributed by atoms with Crippen molar-refractivity contribution >= 4 is 82.2 Å². The highest BCUT2D eigenvalue weighted by Gasteiger charge is 2.26. The van der Waals surface area contributed by atoms with E-state index in [9.17, 15) is 4.79 Å². The molecule has 13 heteroatoms. The van der Waals surface area contributed by atoms with Crippen molar-refractivity contribution in [1.82, 2.24) is 5.32 Å². The van der Waals surface area contributed by atoms with Crippen molar-refractivity contribution < 1.29 is 4.79 Å². The Bertz CT molecular complexity index is 708. The van der Waals surface area contributed by atoms with Gasteiger partial charge in [0, 0.05) is 115 Å². The first-order chi connectivity index (χ1) is 14.2. The lowest BCUT2D eigenvalue weighted by atomic mass is 8.64. The normalized spacial score (nSPS) is 18.5. The number of benzene rings is 1. The van der Waals surface area contributed by atoms with Crippen LogP contribution < -0.4 is 15.1 Å². The number of nitrogens with one attached hydrogen (secondary N) is 1. The van der Waals surface area contributed by atoms with Gasteiger partial charge in [0.05, 0.1) is 0 Å². The van der Waals surface area contributed by atoms with E-state index < -0.39 is 12.8 Å². The monoisotopic (exact) mass is 386 g/mol. The van der Waals surface area contributed by atoms with Crippen LogP contribution in [0.3, 0.4) is 0 Å². The van der Waals surface area contributed by atoms with Gasteiger partial charge in [-0.3, -0.25) is 4.79 Å². The predicted octanol–water partition coefficient (Wildman–Crippen LogP) is -1.48. The minimum atomic E-state index is -0.574. The van der Waals surface area contributed by atoms with Gasteiger partial charge in [0.25, 0.3) is 0 Å². The van der Waals surface area contributed by atoms with Gasteiger partial charge < -0.3 is 15.1 Å². The number of piperazine rings is 1. The summed E-state index contributed by atoms with van der Waals surface area (Å²) in [4.78, 5) is 16.6. The summed E-state index contributed by atoms with van der Waals surface area (Å²) in [5, 5.41) is 3.40. The molecule has 1 fully saturated rings. The lowest BCUT2D eigenvalue weighted by molar-refractivity contribution is -0.121. The molecule has 0 bridgehead atoms. The SMILES string of the molecule is Cc1cc2c(cc1N1CCNCC1)CCC(C)C(=O)N2C.[B][B]B(B([B])[B])B([B])[B]. The van der Waals surface area contributed by atoms with Crippen LogP contribution in [0.15, 0.2) is 12.1 Å². The number of carbonyl (C=O) groups is 1. The maximum atomic E-state index is 12.3. The van der Waals surface area contributed by atoms with Gasteiger partial charge in [-0.1, -0.05) is 6.92 Å². The van der Waals surface area contributed by atoms with Crippen molar-refractivity contribution in [2.24, 2.45) is 5.92 Å². The van der Waals surface area contributed by atoms with Crippen molar-refractivity contribution in [3.8, 4) is 0 Å². The molecular weight excluding hydrogens is 360 g/mol. The van der Waals surface area contributed by atoms with Crippen LogP contribution in [0.25, 0.3) is 0 Å². The first-order valence-corrected chi connectivity index (χ1v) is 10.6. The third-order valence-electron chi connectivity index (χ3n) is 5.93. The van der Waals surface area contributed by atoms with Crippen LogP contribution in [-0.2, 0) is 11.2 Å². The van der Waals surface area contributed by atoms with Gasteiger partial charge in [-0.2, -0.15) is 0 Å². The van der Waals surface area contributed by atoms with Crippen molar-refractivity contribution in [1.29, 1.82) is 0 Å². The van der Waals surface area contributed by atoms with Gasteiger partial charge in [-0.05, 0) is 43.0 Å². The largest absolute Gasteiger partial charge is 0.369 e. The summed E-state index contributed by atoms with van der Waals surface area (Å²) in [7, 11) is 29.4. The Balaban J connectivity index is 0.000000303. The summed E-state index contributed by atoms with van der Waals surface area (Å²) >= 11 is 0. The Labute approximate surface area is 191 Å². The van der Waals surface area contributed by atoms with Crippen LogP contribution in [0.5, 0.6) is 0 Å². The Morgan fingerprint density at radius 1 is 1.10 bits per heavy atom. The minimum absolute atomic E-state index is 0.116. The van der Waals surface area contributed by atoms with Crippen molar-refractivity contribution in [2.75, 3.05) is 43.0 Å². The molecule has 4 nitrogen and oxygen atoms in total. The Morgan fingerprint density at radius 3 is 2.20 bits per heavy atom. The second-order valence-corrected chi connectivity index (χ2v) is 8.27. The highest BCUT2D eigenvalue weighted by Crippen LogP contribution is 2.34. The number of aryl methyl sites for hydroxylation is 2. The summed E-state index contributed by atoms with van der Waals surface area (Å²) in [5.41, 5.74) is 5.02. The Kier molecular flexibility index (Phi) is 9.78. The number of amides is 1. The van der Waals surface area contributed by atoms with Gasteiger partial charge in [0.2, 0.25) is 5.91 Å². The fourth-order valence-electron chi connectivity index (χ4n) is 3.94. The van der Waals surface area contributed by atoms with Crippen molar-refractivity contribution in [3.63, 3.8) is 0 Å². The molecule has 2 heterocycles. The fraction of sp³-hybridized carbons (Fsp3) is 0.588. The van der Waals surface area contributed by atoms with Crippen LogP contribution in [-0.4, -0.2) is 104 Å². The topological polar surface area (TPSA) is 35.6 Å². The van der Waals surface area contributed by atoms with E-state index in [1.54, 1.807) is 0 Å². The molecule has 2 aliphatic rings. The van der Waals surface area contributed by atoms with Crippen LogP contribution in [0.2, 0.25) is 0 Å². The Hall–Kier alpha value is -0.966. The molecule has 30 heavy (non-hydrogen) atoms. The van der Waals surface area contributed by atoms with Gasteiger partial charge in [-0.25, -0.2) is 0 Å². The highest BCUT2D eigenvalue weighted by atomic mass is 16.2. The van der Waals surface area contributed by atoms with E-state index in [2.05, 4.69) is 29.3 Å². The van der Waals surface area contributed by atoms with Gasteiger partial charge >= 0.3 is 0 Å². The average Bonchev–Trinajstić information content (AvgIpc) is 2.81. The standard InChI is InChI=1S/C17H25N3O.B9/c1-12-4-5-14-11-15(20-8-6-18-7-9-20)13(2)10-16(14)19(3)17(12)21;1-6-9(7(2)3)8(4)5/h10-12,18H,4-9H2,1-3H3;. The number of hydrogen-bond acceptors (Lipinski definition) is 3. The molecule has 1 aromatic rings. The zero-order valence-electron chi connectivity index (χ0n) is 18.5. The first-order valence-electron chi connectivity index (χ1n) is 10.6. The number of carbonyl (C=O) groups excluding carboxylic acids is 1. The summed E-state index contributed by atoms with van der Waals surface area (Å²) in [6.45, 7) is 8.41. The van der Waals surface area contributed by atoms with E-state index in [-0.39, 0.29) is 18.2 Å². The maximum Gasteiger partial charge on any atom is 0.229 e. The zero-order valence-corrected chi connectivity index (χ0v) is 18.5. The second kappa shape index (κ2) is 11.6. The zero-order chi connectivity index (χ0) is 22.4. The van der Waals surface area contributed by atoms with E-state index in [1.165, 1.54) is 23.9 Å². The lowest BCUT2D eigenvalue weighted by Gasteiger charge is -2.32. The summed E-state index contributed by atoms with van der Waals surface area (Å²) in [6.07, 6.45) is 0.474. The van der Waals surface area contributed by atoms with Crippen molar-refractivity contribution in [3.05, 3.63) is 23.3 Å². The van der Waals surface area contributed by atoms with Crippen LogP contribution >= 0.6 is 0 Å². The molecule has 1 saturated heterocycles. The molecule has 0 aromatic heterocycles. The number of hydrogen-bond donors (Lipinski definition) is 1. The molecule has 11 radical (unpaired) electrons. The number of anilines is 2. The molecule has 1 amide bonds. The van der Waals surface area contributed by atoms with E-state index >= 15 is 0 Å². The summed E-state index contributed by atoms with van der Waals surface area (Å²) in [6, 6.07) is 4.51. The average molecular weight is 385 g/mol. The molecule has 0 aliphatic carbocycles. The molecule has 0 spiro atoms. The number of rotatable bonds is 4. The highest BCUT2D eigenvalue weighted by molar-refractivity contribution is 7.93. The first kappa shape index (κ1) is 25.3. The van der Waals surface area contributed by atoms with Crippen LogP contribution in [0, 0.1) is 12.8 Å². The van der Waals surface area contributed by atoms with Gasteiger partial charge in [0.15, 0.2) is 0 Å². The third-order valence-corrected chi connectivity index (χ3v) is 5.93. The Morgan fingerprint density at radius 2 is 1.70 bits per heavy atom. The van der Waals surface area contributed by atoms with Gasteiger partial charge in [-0.15, -0.1) is 0 Å². The second-order valence-electron chi connectivity index (χ2n) is 8.27. The molecule has 1 atom stereocenters. The fourth-order valence-corrected chi connectivity index (χ4v) is 3.94. The molecule has 3 rings (SSSR count). The molecule has 141 valence electrons.